The molecule has 4 saturated heterocycles. The van der Waals surface area contributed by atoms with Gasteiger partial charge in [-0.3, -0.25) is 4.79 Å². The minimum Gasteiger partial charge on any atom is -0.432 e. The summed E-state index contributed by atoms with van der Waals surface area (Å²) in [6.45, 7) is 4.08. The van der Waals surface area contributed by atoms with Crippen molar-refractivity contribution < 1.29 is 28.4 Å². The van der Waals surface area contributed by atoms with Gasteiger partial charge in [-0.1, -0.05) is 19.1 Å². The van der Waals surface area contributed by atoms with Crippen LogP contribution >= 0.6 is 0 Å². The Morgan fingerprint density at radius 2 is 1.89 bits per heavy atom. The summed E-state index contributed by atoms with van der Waals surface area (Å²) in [4.78, 5) is 24.7. The van der Waals surface area contributed by atoms with E-state index in [0.29, 0.717) is 18.8 Å². The fraction of sp³-hybridized carbons (Fsp3) is 0.667. The third-order valence-electron chi connectivity index (χ3n) is 7.16. The van der Waals surface area contributed by atoms with Crippen molar-refractivity contribution in [2.24, 2.45) is 23.7 Å². The number of hydrogen-bond donors (Lipinski definition) is 0. The van der Waals surface area contributed by atoms with E-state index in [0.717, 1.165) is 24.8 Å². The van der Waals surface area contributed by atoms with E-state index >= 15 is 0 Å². The normalized spacial score (nSPS) is 45.7. The van der Waals surface area contributed by atoms with E-state index in [9.17, 15) is 9.18 Å². The molecule has 5 fully saturated rings. The molecule has 6 rings (SSSR count). The first-order chi connectivity index (χ1) is 12.9. The summed E-state index contributed by atoms with van der Waals surface area (Å²) in [7, 11) is 0. The molecule has 4 heterocycles. The van der Waals surface area contributed by atoms with Crippen LogP contribution in [-0.4, -0.2) is 23.6 Å². The van der Waals surface area contributed by atoms with Gasteiger partial charge in [0.2, 0.25) is 12.1 Å². The van der Waals surface area contributed by atoms with Gasteiger partial charge in [-0.2, -0.15) is 0 Å². The van der Waals surface area contributed by atoms with Gasteiger partial charge in [0.1, 0.15) is 5.82 Å². The molecule has 1 aliphatic carbocycles. The summed E-state index contributed by atoms with van der Waals surface area (Å²) in [5.74, 6) is -1.14. The highest BCUT2D eigenvalue weighted by molar-refractivity contribution is 5.75. The number of hydrogen-bond acceptors (Lipinski definition) is 5. The lowest BCUT2D eigenvalue weighted by Gasteiger charge is -2.58. The first-order valence-corrected chi connectivity index (χ1v) is 9.91. The second-order valence-electron chi connectivity index (χ2n) is 8.78. The molecule has 0 N–H and O–H groups in total. The topological polar surface area (TPSA) is 54.0 Å². The molecule has 5 nitrogen and oxygen atoms in total. The van der Waals surface area contributed by atoms with E-state index < -0.39 is 17.7 Å². The smallest absolute Gasteiger partial charge is 0.312 e. The Morgan fingerprint density at radius 3 is 2.67 bits per heavy atom. The van der Waals surface area contributed by atoms with Crippen molar-refractivity contribution in [2.75, 3.05) is 0 Å². The fourth-order valence-electron chi connectivity index (χ4n) is 5.72. The number of carbonyl (C=O) groups excluding carboxylic acids is 1. The minimum absolute atomic E-state index is 0.0438. The summed E-state index contributed by atoms with van der Waals surface area (Å²) in [5.41, 5.74) is 0.159. The third kappa shape index (κ3) is 2.57. The Hall–Kier alpha value is -1.50. The molecule has 1 saturated carbocycles. The maximum absolute atomic E-state index is 13.3. The molecular weight excluding hydrogens is 351 g/mol. The Labute approximate surface area is 158 Å². The zero-order chi connectivity index (χ0) is 18.8. The molecule has 27 heavy (non-hydrogen) atoms. The Kier molecular flexibility index (Phi) is 3.91. The number of halogens is 1. The zero-order valence-electron chi connectivity index (χ0n) is 15.7. The number of esters is 1. The third-order valence-corrected chi connectivity index (χ3v) is 7.16. The largest absolute Gasteiger partial charge is 0.432 e. The van der Waals surface area contributed by atoms with Gasteiger partial charge in [-0.15, -0.1) is 0 Å². The molecule has 2 bridgehead atoms. The van der Waals surface area contributed by atoms with E-state index in [1.165, 1.54) is 12.1 Å². The Balaban J connectivity index is 1.53. The van der Waals surface area contributed by atoms with Crippen LogP contribution in [0.15, 0.2) is 24.3 Å². The predicted octanol–water partition coefficient (Wildman–Crippen LogP) is 3.76. The lowest BCUT2D eigenvalue weighted by Crippen LogP contribution is -2.70. The van der Waals surface area contributed by atoms with Gasteiger partial charge >= 0.3 is 5.97 Å². The molecule has 4 aliphatic heterocycles. The van der Waals surface area contributed by atoms with Crippen LogP contribution in [0.3, 0.4) is 0 Å². The van der Waals surface area contributed by atoms with Crippen molar-refractivity contribution in [1.82, 2.24) is 0 Å². The molecule has 1 spiro atoms. The summed E-state index contributed by atoms with van der Waals surface area (Å²) >= 11 is 0. The van der Waals surface area contributed by atoms with Crippen LogP contribution in [0.4, 0.5) is 4.39 Å². The van der Waals surface area contributed by atoms with E-state index in [-0.39, 0.29) is 29.5 Å². The van der Waals surface area contributed by atoms with Crippen molar-refractivity contribution in [1.29, 1.82) is 0 Å². The Morgan fingerprint density at radius 1 is 1.11 bits per heavy atom. The van der Waals surface area contributed by atoms with Crippen LogP contribution in [0.25, 0.3) is 0 Å². The monoisotopic (exact) mass is 376 g/mol. The Bertz CT molecular complexity index is 751. The summed E-state index contributed by atoms with van der Waals surface area (Å²) in [5, 5.41) is 0. The molecular formula is C21H25FO5. The summed E-state index contributed by atoms with van der Waals surface area (Å²) in [6.07, 6.45) is 3.31. The molecule has 6 heteroatoms. The van der Waals surface area contributed by atoms with Crippen molar-refractivity contribution in [2.45, 2.75) is 63.6 Å². The van der Waals surface area contributed by atoms with Gasteiger partial charge in [-0.05, 0) is 56.2 Å². The van der Waals surface area contributed by atoms with E-state index in [1.54, 1.807) is 12.1 Å². The number of rotatable bonds is 2. The first-order valence-electron chi connectivity index (χ1n) is 9.91. The van der Waals surface area contributed by atoms with Crippen molar-refractivity contribution in [3.05, 3.63) is 35.6 Å². The van der Waals surface area contributed by atoms with Crippen LogP contribution in [-0.2, 0) is 30.5 Å². The molecule has 0 radical (unpaired) electrons. The van der Waals surface area contributed by atoms with Gasteiger partial charge in [0.15, 0.2) is 5.60 Å². The van der Waals surface area contributed by atoms with Crippen LogP contribution in [0.2, 0.25) is 0 Å². The molecule has 0 amide bonds. The highest BCUT2D eigenvalue weighted by Crippen LogP contribution is 2.60. The second-order valence-corrected chi connectivity index (χ2v) is 8.78. The number of benzene rings is 1. The predicted molar refractivity (Wildman–Crippen MR) is 92.5 cm³/mol. The van der Waals surface area contributed by atoms with Gasteiger partial charge in [0.25, 0.3) is 0 Å². The van der Waals surface area contributed by atoms with Crippen molar-refractivity contribution in [3.63, 3.8) is 0 Å². The van der Waals surface area contributed by atoms with Gasteiger partial charge in [0, 0.05) is 18.3 Å². The number of carbonyl (C=O) groups is 1. The summed E-state index contributed by atoms with van der Waals surface area (Å²) in [6, 6.07) is 6.32. The SMILES string of the molecule is C[C@@H]1CC[C@H]2[C@@H](Cc3ccc(F)cc3)C(=O)O[C@@H]3O[C@]4(C)CC[C@@H]1[C@]32OO4. The standard InChI is InChI=1S/C21H25FO5/c1-12-3-8-17-15(11-13-4-6-14(22)7-5-13)18(23)24-19-21(17)16(12)9-10-20(2,25-19)26-27-21/h4-7,12,15-17,19H,3,8-11H2,1-2H3/t12-,15-,16+,17+,19-,20+,21-/m1/s1. The highest BCUT2D eigenvalue weighted by Gasteiger charge is 2.70. The van der Waals surface area contributed by atoms with Crippen LogP contribution in [0.1, 0.15) is 45.1 Å². The second kappa shape index (κ2) is 6.00. The molecule has 0 aromatic heterocycles. The number of ether oxygens (including phenoxy) is 2. The van der Waals surface area contributed by atoms with Crippen molar-refractivity contribution >= 4 is 5.97 Å². The molecule has 146 valence electrons. The molecule has 1 aromatic rings. The molecule has 7 atom stereocenters. The van der Waals surface area contributed by atoms with E-state index in [1.807, 2.05) is 6.92 Å². The van der Waals surface area contributed by atoms with E-state index in [4.69, 9.17) is 19.2 Å². The van der Waals surface area contributed by atoms with E-state index in [2.05, 4.69) is 6.92 Å². The molecule has 1 aromatic carbocycles. The zero-order valence-corrected chi connectivity index (χ0v) is 15.7. The maximum atomic E-state index is 13.3. The van der Waals surface area contributed by atoms with Gasteiger partial charge in [-0.25, -0.2) is 14.2 Å². The lowest BCUT2D eigenvalue weighted by atomic mass is 9.57. The van der Waals surface area contributed by atoms with Crippen LogP contribution in [0.5, 0.6) is 0 Å². The summed E-state index contributed by atoms with van der Waals surface area (Å²) < 4.78 is 25.2. The average Bonchev–Trinajstić information content (AvgIpc) is 2.87. The van der Waals surface area contributed by atoms with Crippen LogP contribution < -0.4 is 0 Å². The lowest BCUT2D eigenvalue weighted by molar-refractivity contribution is -0.559. The maximum Gasteiger partial charge on any atom is 0.312 e. The molecule has 5 aliphatic rings. The van der Waals surface area contributed by atoms with Gasteiger partial charge in [0.05, 0.1) is 5.92 Å². The molecule has 0 unspecified atom stereocenters. The van der Waals surface area contributed by atoms with Crippen molar-refractivity contribution in [3.8, 4) is 0 Å². The average molecular weight is 376 g/mol. The quantitative estimate of drug-likeness (QED) is 0.581. The minimum atomic E-state index is -0.873. The highest BCUT2D eigenvalue weighted by atomic mass is 19.1. The van der Waals surface area contributed by atoms with Crippen LogP contribution in [0, 0.1) is 29.5 Å². The van der Waals surface area contributed by atoms with Gasteiger partial charge < -0.3 is 9.47 Å². The fourth-order valence-corrected chi connectivity index (χ4v) is 5.72. The first kappa shape index (κ1) is 17.6. The number of fused-ring (bicyclic) bond motifs is 2.